The first-order chi connectivity index (χ1) is 10.3. The van der Waals surface area contributed by atoms with Crippen molar-refractivity contribution in [2.24, 2.45) is 11.8 Å². The Morgan fingerprint density at radius 1 is 1.24 bits per heavy atom. The lowest BCUT2D eigenvalue weighted by Gasteiger charge is -2.34. The fourth-order valence-corrected chi connectivity index (χ4v) is 3.73. The fraction of sp³-hybridized carbons (Fsp3) is 0.833. The maximum absolute atomic E-state index is 4.42. The minimum atomic E-state index is 0.600. The van der Waals surface area contributed by atoms with Crippen molar-refractivity contribution in [3.05, 3.63) is 18.2 Å². The van der Waals surface area contributed by atoms with Crippen molar-refractivity contribution >= 4 is 0 Å². The van der Waals surface area contributed by atoms with Crippen molar-refractivity contribution in [3.63, 3.8) is 0 Å². The van der Waals surface area contributed by atoms with Gasteiger partial charge in [0.2, 0.25) is 0 Å². The van der Waals surface area contributed by atoms with Gasteiger partial charge in [-0.15, -0.1) is 0 Å². The van der Waals surface area contributed by atoms with Crippen LogP contribution >= 0.6 is 0 Å². The Bertz CT molecular complexity index is 353. The molecular formula is C18H33N3. The Labute approximate surface area is 130 Å². The van der Waals surface area contributed by atoms with E-state index in [4.69, 9.17) is 0 Å². The van der Waals surface area contributed by atoms with Crippen LogP contribution in [0.15, 0.2) is 12.4 Å². The first-order valence-corrected chi connectivity index (χ1v) is 9.05. The van der Waals surface area contributed by atoms with Gasteiger partial charge in [0, 0.05) is 24.9 Å². The monoisotopic (exact) mass is 291 g/mol. The molecule has 21 heavy (non-hydrogen) atoms. The van der Waals surface area contributed by atoms with Gasteiger partial charge in [0.1, 0.15) is 5.82 Å². The van der Waals surface area contributed by atoms with Gasteiger partial charge >= 0.3 is 0 Å². The van der Waals surface area contributed by atoms with Crippen molar-refractivity contribution in [3.8, 4) is 0 Å². The molecule has 0 spiro atoms. The highest BCUT2D eigenvalue weighted by Gasteiger charge is 2.27. The maximum Gasteiger partial charge on any atom is 0.107 e. The first-order valence-electron chi connectivity index (χ1n) is 9.05. The first kappa shape index (κ1) is 16.5. The average molecular weight is 291 g/mol. The predicted molar refractivity (Wildman–Crippen MR) is 89.3 cm³/mol. The van der Waals surface area contributed by atoms with Gasteiger partial charge in [0.15, 0.2) is 0 Å². The molecule has 3 nitrogen and oxygen atoms in total. The molecule has 2 rings (SSSR count). The average Bonchev–Trinajstić information content (AvgIpc) is 3.03. The molecule has 0 bridgehead atoms. The third kappa shape index (κ3) is 5.46. The molecule has 2 N–H and O–H groups in total. The lowest BCUT2D eigenvalue weighted by Crippen LogP contribution is -2.40. The van der Waals surface area contributed by atoms with Gasteiger partial charge in [-0.2, -0.15) is 0 Å². The summed E-state index contributed by atoms with van der Waals surface area (Å²) in [7, 11) is 0. The van der Waals surface area contributed by atoms with Crippen molar-refractivity contribution in [1.82, 2.24) is 15.3 Å². The summed E-state index contributed by atoms with van der Waals surface area (Å²) in [5.74, 6) is 2.97. The van der Waals surface area contributed by atoms with Gasteiger partial charge in [-0.1, -0.05) is 46.0 Å². The molecule has 0 aliphatic heterocycles. The Hall–Kier alpha value is -0.830. The van der Waals surface area contributed by atoms with Gasteiger partial charge in [0.25, 0.3) is 0 Å². The molecule has 1 aromatic rings. The molecule has 1 saturated carbocycles. The van der Waals surface area contributed by atoms with Gasteiger partial charge in [-0.3, -0.25) is 0 Å². The number of aromatic nitrogens is 2. The van der Waals surface area contributed by atoms with E-state index < -0.39 is 0 Å². The second kappa shape index (κ2) is 9.24. The van der Waals surface area contributed by atoms with Crippen LogP contribution in [-0.2, 0) is 6.42 Å². The molecule has 1 unspecified atom stereocenters. The molecule has 1 fully saturated rings. The molecule has 0 amide bonds. The second-order valence-corrected chi connectivity index (χ2v) is 6.72. The van der Waals surface area contributed by atoms with Crippen molar-refractivity contribution < 1.29 is 0 Å². The van der Waals surface area contributed by atoms with E-state index in [0.29, 0.717) is 6.04 Å². The van der Waals surface area contributed by atoms with E-state index in [1.54, 1.807) is 0 Å². The minimum Gasteiger partial charge on any atom is -0.349 e. The van der Waals surface area contributed by atoms with Crippen LogP contribution in [0.3, 0.4) is 0 Å². The van der Waals surface area contributed by atoms with E-state index in [9.17, 15) is 0 Å². The Balaban J connectivity index is 1.83. The Morgan fingerprint density at radius 2 is 2.05 bits per heavy atom. The van der Waals surface area contributed by atoms with E-state index in [1.165, 1.54) is 51.4 Å². The van der Waals surface area contributed by atoms with Gasteiger partial charge in [-0.05, 0) is 37.6 Å². The largest absolute Gasteiger partial charge is 0.349 e. The SMILES string of the molecule is CCCCC1CCC(C(Cc2ncc[nH]2)NCCC)CC1. The summed E-state index contributed by atoms with van der Waals surface area (Å²) in [4.78, 5) is 7.69. The van der Waals surface area contributed by atoms with Crippen LogP contribution in [0.5, 0.6) is 0 Å². The van der Waals surface area contributed by atoms with Crippen LogP contribution in [0.1, 0.15) is 71.0 Å². The lowest BCUT2D eigenvalue weighted by molar-refractivity contribution is 0.210. The maximum atomic E-state index is 4.42. The van der Waals surface area contributed by atoms with Crippen LogP contribution in [0.2, 0.25) is 0 Å². The normalized spacial score (nSPS) is 24.1. The molecule has 0 saturated heterocycles. The zero-order chi connectivity index (χ0) is 14.9. The molecule has 3 heteroatoms. The second-order valence-electron chi connectivity index (χ2n) is 6.72. The lowest BCUT2D eigenvalue weighted by atomic mass is 9.76. The topological polar surface area (TPSA) is 40.7 Å². The number of unbranched alkanes of at least 4 members (excludes halogenated alkanes) is 1. The summed E-state index contributed by atoms with van der Waals surface area (Å²) < 4.78 is 0. The van der Waals surface area contributed by atoms with E-state index in [0.717, 1.165) is 30.6 Å². The fourth-order valence-electron chi connectivity index (χ4n) is 3.73. The summed E-state index contributed by atoms with van der Waals surface area (Å²) in [6.07, 6.45) is 16.0. The summed E-state index contributed by atoms with van der Waals surface area (Å²) >= 11 is 0. The van der Waals surface area contributed by atoms with E-state index >= 15 is 0 Å². The van der Waals surface area contributed by atoms with Gasteiger partial charge < -0.3 is 10.3 Å². The number of aromatic amines is 1. The zero-order valence-electron chi connectivity index (χ0n) is 13.9. The molecule has 1 atom stereocenters. The molecule has 0 aromatic carbocycles. The quantitative estimate of drug-likeness (QED) is 0.711. The number of hydrogen-bond donors (Lipinski definition) is 2. The summed E-state index contributed by atoms with van der Waals surface area (Å²) in [6.45, 7) is 5.68. The van der Waals surface area contributed by atoms with Crippen molar-refractivity contribution in [1.29, 1.82) is 0 Å². The van der Waals surface area contributed by atoms with Crippen LogP contribution in [-0.4, -0.2) is 22.6 Å². The van der Waals surface area contributed by atoms with E-state index in [-0.39, 0.29) is 0 Å². The molecule has 1 aromatic heterocycles. The van der Waals surface area contributed by atoms with Crippen molar-refractivity contribution in [2.45, 2.75) is 77.7 Å². The Morgan fingerprint density at radius 3 is 2.67 bits per heavy atom. The summed E-state index contributed by atoms with van der Waals surface area (Å²) in [6, 6.07) is 0.600. The molecule has 1 heterocycles. The number of nitrogens with zero attached hydrogens (tertiary/aromatic N) is 1. The number of nitrogens with one attached hydrogen (secondary N) is 2. The highest BCUT2D eigenvalue weighted by Crippen LogP contribution is 2.34. The smallest absolute Gasteiger partial charge is 0.107 e. The van der Waals surface area contributed by atoms with Crippen LogP contribution in [0.25, 0.3) is 0 Å². The number of rotatable bonds is 9. The Kier molecular flexibility index (Phi) is 7.28. The highest BCUT2D eigenvalue weighted by molar-refractivity contribution is 4.94. The van der Waals surface area contributed by atoms with Crippen molar-refractivity contribution in [2.75, 3.05) is 6.54 Å². The van der Waals surface area contributed by atoms with Crippen LogP contribution < -0.4 is 5.32 Å². The third-order valence-electron chi connectivity index (χ3n) is 5.05. The molecular weight excluding hydrogens is 258 g/mol. The minimum absolute atomic E-state index is 0.600. The summed E-state index contributed by atoms with van der Waals surface area (Å²) in [5, 5.41) is 3.78. The molecule has 1 aliphatic rings. The highest BCUT2D eigenvalue weighted by atomic mass is 14.9. The third-order valence-corrected chi connectivity index (χ3v) is 5.05. The molecule has 0 radical (unpaired) electrons. The van der Waals surface area contributed by atoms with Gasteiger partial charge in [0.05, 0.1) is 0 Å². The standard InChI is InChI=1S/C18H33N3/c1-3-5-6-15-7-9-16(10-8-15)17(19-11-4-2)14-18-20-12-13-21-18/h12-13,15-17,19H,3-11,14H2,1-2H3,(H,20,21). The van der Waals surface area contributed by atoms with Crippen LogP contribution in [0, 0.1) is 11.8 Å². The number of imidazole rings is 1. The zero-order valence-corrected chi connectivity index (χ0v) is 13.9. The summed E-state index contributed by atoms with van der Waals surface area (Å²) in [5.41, 5.74) is 0. The predicted octanol–water partition coefficient (Wildman–Crippen LogP) is 4.32. The molecule has 120 valence electrons. The number of H-pyrrole nitrogens is 1. The van der Waals surface area contributed by atoms with Gasteiger partial charge in [-0.25, -0.2) is 4.98 Å². The van der Waals surface area contributed by atoms with E-state index in [2.05, 4.69) is 29.1 Å². The molecule has 1 aliphatic carbocycles. The van der Waals surface area contributed by atoms with E-state index in [1.807, 2.05) is 12.4 Å². The van der Waals surface area contributed by atoms with Crippen LogP contribution in [0.4, 0.5) is 0 Å². The number of hydrogen-bond acceptors (Lipinski definition) is 2.